The van der Waals surface area contributed by atoms with Crippen LogP contribution in [0.5, 0.6) is 0 Å². The van der Waals surface area contributed by atoms with Gasteiger partial charge < -0.3 is 14.9 Å². The highest BCUT2D eigenvalue weighted by molar-refractivity contribution is 7.89. The molecule has 0 radical (unpaired) electrons. The largest absolute Gasteiger partial charge is 0.478 e. The summed E-state index contributed by atoms with van der Waals surface area (Å²) in [4.78, 5) is 23.3. The van der Waals surface area contributed by atoms with Crippen molar-refractivity contribution in [3.05, 3.63) is 41.7 Å². The number of benzene rings is 1. The molecule has 1 atom stereocenters. The highest BCUT2D eigenvalue weighted by atomic mass is 32.2. The Bertz CT molecular complexity index is 935. The summed E-state index contributed by atoms with van der Waals surface area (Å²) in [6.07, 6.45) is 0.928. The van der Waals surface area contributed by atoms with Gasteiger partial charge in [-0.2, -0.15) is 4.31 Å². The van der Waals surface area contributed by atoms with Crippen molar-refractivity contribution in [1.29, 1.82) is 0 Å². The summed E-state index contributed by atoms with van der Waals surface area (Å²) in [5.74, 6) is -0.880. The van der Waals surface area contributed by atoms with Gasteiger partial charge in [0.2, 0.25) is 15.9 Å². The molecule has 1 fully saturated rings. The number of hydrogen-bond donors (Lipinski definition) is 2. The molecule has 26 heavy (non-hydrogen) atoms. The Hall–Kier alpha value is -2.72. The van der Waals surface area contributed by atoms with Gasteiger partial charge >= 0.3 is 5.97 Å². The molecule has 1 aliphatic heterocycles. The van der Waals surface area contributed by atoms with Gasteiger partial charge in [-0.3, -0.25) is 4.79 Å². The number of amides is 1. The molecule has 2 aromatic rings. The Balaban J connectivity index is 1.81. The molecular formula is C16H17N3O6S. The van der Waals surface area contributed by atoms with Crippen LogP contribution in [0.25, 0.3) is 0 Å². The summed E-state index contributed by atoms with van der Waals surface area (Å²) in [7, 11) is -3.93. The summed E-state index contributed by atoms with van der Waals surface area (Å²) < 4.78 is 31.7. The molecule has 1 aromatic heterocycles. The van der Waals surface area contributed by atoms with Crippen molar-refractivity contribution in [3.63, 3.8) is 0 Å². The second kappa shape index (κ2) is 6.89. The van der Waals surface area contributed by atoms with Crippen molar-refractivity contribution >= 4 is 27.7 Å². The standard InChI is InChI=1S/C16H17N3O6S/c1-10-9-14(18-25-10)17-15(20)13-3-2-8-19(13)26(23,24)12-6-4-11(5-7-12)16(21)22/h4-7,9,13H,2-3,8H2,1H3,(H,21,22)(H,17,18,20)/t13-/m0/s1. The maximum Gasteiger partial charge on any atom is 0.335 e. The van der Waals surface area contributed by atoms with Crippen molar-refractivity contribution in [2.75, 3.05) is 11.9 Å². The van der Waals surface area contributed by atoms with Crippen LogP contribution in [0.2, 0.25) is 0 Å². The average molecular weight is 379 g/mol. The lowest BCUT2D eigenvalue weighted by atomic mass is 10.2. The third kappa shape index (κ3) is 3.46. The minimum absolute atomic E-state index is 0.0129. The van der Waals surface area contributed by atoms with E-state index in [0.29, 0.717) is 18.6 Å². The van der Waals surface area contributed by atoms with Crippen LogP contribution in [-0.4, -0.2) is 47.4 Å². The van der Waals surface area contributed by atoms with Crippen LogP contribution in [0.3, 0.4) is 0 Å². The molecule has 1 aliphatic rings. The fraction of sp³-hybridized carbons (Fsp3) is 0.312. The van der Waals surface area contributed by atoms with Gasteiger partial charge in [0.05, 0.1) is 10.5 Å². The molecule has 0 unspecified atom stereocenters. The van der Waals surface area contributed by atoms with Crippen LogP contribution in [0.4, 0.5) is 5.82 Å². The normalized spacial score (nSPS) is 18.0. The van der Waals surface area contributed by atoms with Crippen molar-refractivity contribution in [2.45, 2.75) is 30.7 Å². The van der Waals surface area contributed by atoms with Crippen LogP contribution in [0.15, 0.2) is 39.8 Å². The molecule has 0 spiro atoms. The molecule has 1 saturated heterocycles. The topological polar surface area (TPSA) is 130 Å². The SMILES string of the molecule is Cc1cc(NC(=O)[C@@H]2CCCN2S(=O)(=O)c2ccc(C(=O)O)cc2)no1. The molecule has 0 saturated carbocycles. The fourth-order valence-corrected chi connectivity index (χ4v) is 4.49. The first kappa shape index (κ1) is 18.1. The van der Waals surface area contributed by atoms with Crippen LogP contribution in [-0.2, 0) is 14.8 Å². The number of hydrogen-bond acceptors (Lipinski definition) is 6. The van der Waals surface area contributed by atoms with Crippen molar-refractivity contribution in [1.82, 2.24) is 9.46 Å². The number of aromatic nitrogens is 1. The first-order valence-corrected chi connectivity index (χ1v) is 9.32. The van der Waals surface area contributed by atoms with Crippen LogP contribution in [0.1, 0.15) is 29.0 Å². The minimum atomic E-state index is -3.93. The number of sulfonamides is 1. The number of carbonyl (C=O) groups excluding carboxylic acids is 1. The summed E-state index contributed by atoms with van der Waals surface area (Å²) >= 11 is 0. The van der Waals surface area contributed by atoms with Crippen LogP contribution >= 0.6 is 0 Å². The van der Waals surface area contributed by atoms with E-state index in [9.17, 15) is 18.0 Å². The van der Waals surface area contributed by atoms with Gasteiger partial charge in [0.1, 0.15) is 11.8 Å². The lowest BCUT2D eigenvalue weighted by Crippen LogP contribution is -2.43. The van der Waals surface area contributed by atoms with Crippen molar-refractivity contribution in [3.8, 4) is 0 Å². The summed E-state index contributed by atoms with van der Waals surface area (Å²) in [6, 6.07) is 5.57. The van der Waals surface area contributed by atoms with E-state index in [2.05, 4.69) is 10.5 Å². The van der Waals surface area contributed by atoms with Gasteiger partial charge in [0.15, 0.2) is 5.82 Å². The van der Waals surface area contributed by atoms with Crippen molar-refractivity contribution in [2.24, 2.45) is 0 Å². The monoisotopic (exact) mass is 379 g/mol. The molecule has 2 heterocycles. The zero-order chi connectivity index (χ0) is 18.9. The Kier molecular flexibility index (Phi) is 4.79. The zero-order valence-electron chi connectivity index (χ0n) is 13.9. The molecule has 0 aliphatic carbocycles. The van der Waals surface area contributed by atoms with E-state index in [0.717, 1.165) is 4.31 Å². The second-order valence-electron chi connectivity index (χ2n) is 5.92. The van der Waals surface area contributed by atoms with Gasteiger partial charge in [-0.25, -0.2) is 13.2 Å². The predicted molar refractivity (Wildman–Crippen MR) is 90.2 cm³/mol. The molecular weight excluding hydrogens is 362 g/mol. The Morgan fingerprint density at radius 1 is 1.31 bits per heavy atom. The first-order valence-electron chi connectivity index (χ1n) is 7.88. The molecule has 10 heteroatoms. The molecule has 3 rings (SSSR count). The highest BCUT2D eigenvalue weighted by Crippen LogP contribution is 2.27. The first-order chi connectivity index (χ1) is 12.3. The maximum absolute atomic E-state index is 12.9. The molecule has 138 valence electrons. The van der Waals surface area contributed by atoms with E-state index in [-0.39, 0.29) is 22.8 Å². The van der Waals surface area contributed by atoms with Gasteiger partial charge in [0, 0.05) is 12.6 Å². The number of anilines is 1. The van der Waals surface area contributed by atoms with E-state index < -0.39 is 27.9 Å². The molecule has 1 aromatic carbocycles. The highest BCUT2D eigenvalue weighted by Gasteiger charge is 2.39. The Morgan fingerprint density at radius 2 is 2.00 bits per heavy atom. The number of nitrogens with one attached hydrogen (secondary N) is 1. The number of nitrogens with zero attached hydrogens (tertiary/aromatic N) is 2. The fourth-order valence-electron chi connectivity index (χ4n) is 2.83. The lowest BCUT2D eigenvalue weighted by Gasteiger charge is -2.23. The van der Waals surface area contributed by atoms with E-state index in [4.69, 9.17) is 9.63 Å². The quantitative estimate of drug-likeness (QED) is 0.804. The van der Waals surface area contributed by atoms with E-state index >= 15 is 0 Å². The van der Waals surface area contributed by atoms with Gasteiger partial charge in [-0.15, -0.1) is 0 Å². The smallest absolute Gasteiger partial charge is 0.335 e. The van der Waals surface area contributed by atoms with E-state index in [1.807, 2.05) is 0 Å². The summed E-state index contributed by atoms with van der Waals surface area (Å²) in [6.45, 7) is 1.88. The summed E-state index contributed by atoms with van der Waals surface area (Å²) in [5.41, 5.74) is -0.0129. The number of rotatable bonds is 5. The second-order valence-corrected chi connectivity index (χ2v) is 7.81. The number of carboxylic acid groups (broad SMARTS) is 1. The number of aryl methyl sites for hydroxylation is 1. The third-order valence-corrected chi connectivity index (χ3v) is 6.02. The minimum Gasteiger partial charge on any atom is -0.478 e. The molecule has 2 N–H and O–H groups in total. The Labute approximate surface area is 149 Å². The Morgan fingerprint density at radius 3 is 2.58 bits per heavy atom. The number of carbonyl (C=O) groups is 2. The van der Waals surface area contributed by atoms with Crippen LogP contribution < -0.4 is 5.32 Å². The van der Waals surface area contributed by atoms with Gasteiger partial charge in [-0.05, 0) is 44.0 Å². The average Bonchev–Trinajstić information content (AvgIpc) is 3.24. The van der Waals surface area contributed by atoms with Crippen molar-refractivity contribution < 1.29 is 27.6 Å². The van der Waals surface area contributed by atoms with E-state index in [1.54, 1.807) is 6.92 Å². The zero-order valence-corrected chi connectivity index (χ0v) is 14.7. The molecule has 1 amide bonds. The summed E-state index contributed by atoms with van der Waals surface area (Å²) in [5, 5.41) is 15.1. The number of carboxylic acids is 1. The predicted octanol–water partition coefficient (Wildman–Crippen LogP) is 1.47. The van der Waals surface area contributed by atoms with Crippen LogP contribution in [0, 0.1) is 6.92 Å². The molecule has 0 bridgehead atoms. The third-order valence-electron chi connectivity index (χ3n) is 4.09. The maximum atomic E-state index is 12.9. The van der Waals surface area contributed by atoms with Gasteiger partial charge in [-0.1, -0.05) is 5.16 Å². The lowest BCUT2D eigenvalue weighted by molar-refractivity contribution is -0.119. The van der Waals surface area contributed by atoms with E-state index in [1.165, 1.54) is 30.3 Å². The molecule has 9 nitrogen and oxygen atoms in total. The number of aromatic carboxylic acids is 1. The van der Waals surface area contributed by atoms with Gasteiger partial charge in [0.25, 0.3) is 0 Å².